The van der Waals surface area contributed by atoms with Crippen molar-refractivity contribution in [2.75, 3.05) is 7.11 Å². The van der Waals surface area contributed by atoms with Gasteiger partial charge in [-0.05, 0) is 31.0 Å². The number of ether oxygens (including phenoxy) is 1. The third kappa shape index (κ3) is 2.52. The molecule has 1 heterocycles. The van der Waals surface area contributed by atoms with Gasteiger partial charge in [0.25, 0.3) is 0 Å². The van der Waals surface area contributed by atoms with Crippen LogP contribution in [0.4, 0.5) is 0 Å². The predicted octanol–water partition coefficient (Wildman–Crippen LogP) is 2.70. The van der Waals surface area contributed by atoms with E-state index >= 15 is 0 Å². The first-order chi connectivity index (χ1) is 9.60. The van der Waals surface area contributed by atoms with Crippen LogP contribution in [0.2, 0.25) is 0 Å². The number of aromatic nitrogens is 2. The SMILES string of the molecule is CCc1cc(CC)n(-c2cc(OC)ccc2C(=O)O)n1. The zero-order valence-electron chi connectivity index (χ0n) is 11.9. The van der Waals surface area contributed by atoms with Crippen LogP contribution in [0.1, 0.15) is 35.6 Å². The lowest BCUT2D eigenvalue weighted by molar-refractivity contribution is 0.0696. The number of benzene rings is 1. The summed E-state index contributed by atoms with van der Waals surface area (Å²) in [4.78, 5) is 11.4. The number of aryl methyl sites for hydroxylation is 2. The van der Waals surface area contributed by atoms with Crippen LogP contribution < -0.4 is 4.74 Å². The Labute approximate surface area is 117 Å². The Morgan fingerprint density at radius 1 is 1.30 bits per heavy atom. The van der Waals surface area contributed by atoms with Crippen molar-refractivity contribution in [2.45, 2.75) is 26.7 Å². The van der Waals surface area contributed by atoms with Crippen LogP contribution in [-0.2, 0) is 12.8 Å². The molecule has 2 rings (SSSR count). The average Bonchev–Trinajstić information content (AvgIpc) is 2.89. The van der Waals surface area contributed by atoms with Gasteiger partial charge in [0.05, 0.1) is 24.1 Å². The van der Waals surface area contributed by atoms with Gasteiger partial charge in [0.2, 0.25) is 0 Å². The Balaban J connectivity index is 2.66. The third-order valence-corrected chi connectivity index (χ3v) is 3.22. The highest BCUT2D eigenvalue weighted by Crippen LogP contribution is 2.23. The smallest absolute Gasteiger partial charge is 0.337 e. The van der Waals surface area contributed by atoms with Crippen LogP contribution in [0, 0.1) is 0 Å². The van der Waals surface area contributed by atoms with Crippen LogP contribution >= 0.6 is 0 Å². The van der Waals surface area contributed by atoms with Gasteiger partial charge in [-0.25, -0.2) is 9.48 Å². The molecule has 0 aliphatic heterocycles. The molecule has 1 aromatic heterocycles. The molecule has 0 spiro atoms. The topological polar surface area (TPSA) is 64.3 Å². The fourth-order valence-corrected chi connectivity index (χ4v) is 2.10. The molecule has 5 nitrogen and oxygen atoms in total. The molecule has 1 N–H and O–H groups in total. The Morgan fingerprint density at radius 2 is 2.05 bits per heavy atom. The summed E-state index contributed by atoms with van der Waals surface area (Å²) in [6.45, 7) is 4.05. The molecule has 0 radical (unpaired) electrons. The van der Waals surface area contributed by atoms with Crippen molar-refractivity contribution < 1.29 is 14.6 Å². The number of carboxylic acids is 1. The normalized spacial score (nSPS) is 10.6. The lowest BCUT2D eigenvalue weighted by atomic mass is 10.1. The van der Waals surface area contributed by atoms with E-state index in [2.05, 4.69) is 5.10 Å². The van der Waals surface area contributed by atoms with Crippen LogP contribution in [-0.4, -0.2) is 28.0 Å². The van der Waals surface area contributed by atoms with Crippen molar-refractivity contribution >= 4 is 5.97 Å². The lowest BCUT2D eigenvalue weighted by Gasteiger charge is -2.11. The molecule has 0 saturated heterocycles. The van der Waals surface area contributed by atoms with E-state index in [9.17, 15) is 9.90 Å². The second-order valence-electron chi connectivity index (χ2n) is 4.43. The molecule has 0 saturated carbocycles. The summed E-state index contributed by atoms with van der Waals surface area (Å²) in [5.41, 5.74) is 2.68. The zero-order chi connectivity index (χ0) is 14.7. The van der Waals surface area contributed by atoms with Gasteiger partial charge in [-0.15, -0.1) is 0 Å². The molecule has 0 unspecified atom stereocenters. The Bertz CT molecular complexity index is 632. The summed E-state index contributed by atoms with van der Waals surface area (Å²) in [6, 6.07) is 6.90. The van der Waals surface area contributed by atoms with E-state index in [1.54, 1.807) is 30.0 Å². The first kappa shape index (κ1) is 14.1. The van der Waals surface area contributed by atoms with Gasteiger partial charge in [0.1, 0.15) is 5.75 Å². The van der Waals surface area contributed by atoms with E-state index < -0.39 is 5.97 Å². The maximum atomic E-state index is 11.4. The number of methoxy groups -OCH3 is 1. The van der Waals surface area contributed by atoms with Crippen molar-refractivity contribution in [2.24, 2.45) is 0 Å². The number of hydrogen-bond donors (Lipinski definition) is 1. The van der Waals surface area contributed by atoms with Crippen molar-refractivity contribution in [1.82, 2.24) is 9.78 Å². The van der Waals surface area contributed by atoms with Crippen molar-refractivity contribution in [3.05, 3.63) is 41.2 Å². The van der Waals surface area contributed by atoms with E-state index in [0.29, 0.717) is 11.4 Å². The lowest BCUT2D eigenvalue weighted by Crippen LogP contribution is -2.09. The third-order valence-electron chi connectivity index (χ3n) is 3.22. The minimum atomic E-state index is -0.974. The monoisotopic (exact) mass is 274 g/mol. The van der Waals surface area contributed by atoms with E-state index in [1.807, 2.05) is 19.9 Å². The molecule has 20 heavy (non-hydrogen) atoms. The van der Waals surface area contributed by atoms with E-state index in [1.165, 1.54) is 0 Å². The largest absolute Gasteiger partial charge is 0.497 e. The number of rotatable bonds is 5. The number of carboxylic acid groups (broad SMARTS) is 1. The summed E-state index contributed by atoms with van der Waals surface area (Å²) >= 11 is 0. The molecule has 0 bridgehead atoms. The predicted molar refractivity (Wildman–Crippen MR) is 75.8 cm³/mol. The highest BCUT2D eigenvalue weighted by atomic mass is 16.5. The molecule has 0 amide bonds. The van der Waals surface area contributed by atoms with Gasteiger partial charge in [0.15, 0.2) is 0 Å². The minimum absolute atomic E-state index is 0.214. The quantitative estimate of drug-likeness (QED) is 0.910. The molecule has 2 aromatic rings. The van der Waals surface area contributed by atoms with Gasteiger partial charge in [-0.1, -0.05) is 13.8 Å². The van der Waals surface area contributed by atoms with Crippen molar-refractivity contribution in [3.63, 3.8) is 0 Å². The van der Waals surface area contributed by atoms with Gasteiger partial charge in [0, 0.05) is 11.8 Å². The molecule has 0 fully saturated rings. The van der Waals surface area contributed by atoms with Gasteiger partial charge in [-0.2, -0.15) is 5.10 Å². The second kappa shape index (κ2) is 5.77. The van der Waals surface area contributed by atoms with Crippen LogP contribution in [0.15, 0.2) is 24.3 Å². The maximum Gasteiger partial charge on any atom is 0.337 e. The minimum Gasteiger partial charge on any atom is -0.497 e. The summed E-state index contributed by atoms with van der Waals surface area (Å²) in [5, 5.41) is 13.8. The molecule has 106 valence electrons. The van der Waals surface area contributed by atoms with E-state index in [0.717, 1.165) is 24.2 Å². The van der Waals surface area contributed by atoms with Crippen LogP contribution in [0.5, 0.6) is 5.75 Å². The Kier molecular flexibility index (Phi) is 4.08. The zero-order valence-corrected chi connectivity index (χ0v) is 11.9. The Morgan fingerprint density at radius 3 is 2.60 bits per heavy atom. The summed E-state index contributed by atoms with van der Waals surface area (Å²) in [6.07, 6.45) is 1.59. The number of nitrogens with zero attached hydrogens (tertiary/aromatic N) is 2. The highest BCUT2D eigenvalue weighted by molar-refractivity contribution is 5.92. The summed E-state index contributed by atoms with van der Waals surface area (Å²) < 4.78 is 6.88. The van der Waals surface area contributed by atoms with Crippen LogP contribution in [0.25, 0.3) is 5.69 Å². The second-order valence-corrected chi connectivity index (χ2v) is 4.43. The first-order valence-electron chi connectivity index (χ1n) is 6.60. The summed E-state index contributed by atoms with van der Waals surface area (Å²) in [5.74, 6) is -0.362. The molecular formula is C15H18N2O3. The maximum absolute atomic E-state index is 11.4. The first-order valence-corrected chi connectivity index (χ1v) is 6.60. The van der Waals surface area contributed by atoms with Crippen LogP contribution in [0.3, 0.4) is 0 Å². The fraction of sp³-hybridized carbons (Fsp3) is 0.333. The van der Waals surface area contributed by atoms with Crippen molar-refractivity contribution in [3.8, 4) is 11.4 Å². The molecule has 1 aromatic carbocycles. The summed E-state index contributed by atoms with van der Waals surface area (Å²) in [7, 11) is 1.56. The number of aromatic carboxylic acids is 1. The van der Waals surface area contributed by atoms with E-state index in [4.69, 9.17) is 4.74 Å². The molecular weight excluding hydrogens is 256 g/mol. The Hall–Kier alpha value is -2.30. The molecule has 0 aliphatic rings. The van der Waals surface area contributed by atoms with Crippen molar-refractivity contribution in [1.29, 1.82) is 0 Å². The standard InChI is InChI=1S/C15H18N2O3/c1-4-10-8-11(5-2)17(16-10)14-9-12(20-3)6-7-13(14)15(18)19/h6-9H,4-5H2,1-3H3,(H,18,19). The number of hydrogen-bond acceptors (Lipinski definition) is 3. The fourth-order valence-electron chi connectivity index (χ4n) is 2.10. The average molecular weight is 274 g/mol. The number of carbonyl (C=O) groups is 1. The highest BCUT2D eigenvalue weighted by Gasteiger charge is 2.16. The molecule has 0 atom stereocenters. The van der Waals surface area contributed by atoms with Gasteiger partial charge in [-0.3, -0.25) is 0 Å². The molecule has 5 heteroatoms. The molecule has 0 aliphatic carbocycles. The van der Waals surface area contributed by atoms with E-state index in [-0.39, 0.29) is 5.56 Å². The van der Waals surface area contributed by atoms with Gasteiger partial charge < -0.3 is 9.84 Å². The van der Waals surface area contributed by atoms with Gasteiger partial charge >= 0.3 is 5.97 Å².